The summed E-state index contributed by atoms with van der Waals surface area (Å²) in [5, 5.41) is 3.06. The summed E-state index contributed by atoms with van der Waals surface area (Å²) < 4.78 is 28.0. The van der Waals surface area contributed by atoms with E-state index in [1.807, 2.05) is 18.2 Å². The first-order valence-electron chi connectivity index (χ1n) is 9.86. The number of halogens is 1. The average molecular weight is 460 g/mol. The fraction of sp³-hybridized carbons (Fsp3) is 0.261. The first kappa shape index (κ1) is 23.1. The van der Waals surface area contributed by atoms with Gasteiger partial charge in [-0.05, 0) is 62.2 Å². The Kier molecular flexibility index (Phi) is 6.89. The maximum atomic E-state index is 12.7. The van der Waals surface area contributed by atoms with Crippen LogP contribution in [0.3, 0.4) is 0 Å². The maximum Gasteiger partial charge on any atom is 0.252 e. The van der Waals surface area contributed by atoms with E-state index in [0.29, 0.717) is 13.0 Å². The molecule has 6 nitrogen and oxygen atoms in total. The number of nitrogens with one attached hydrogen (secondary N) is 1. The molecule has 0 bridgehead atoms. The van der Waals surface area contributed by atoms with Gasteiger partial charge >= 0.3 is 0 Å². The Hall–Kier alpha value is -2.61. The fourth-order valence-corrected chi connectivity index (χ4v) is 4.64. The number of nitrogens with zero attached hydrogens (tertiary/aromatic N) is 2. The van der Waals surface area contributed by atoms with Crippen molar-refractivity contribution in [3.63, 3.8) is 0 Å². The molecule has 3 rings (SSSR count). The van der Waals surface area contributed by atoms with E-state index in [4.69, 9.17) is 11.6 Å². The van der Waals surface area contributed by atoms with Crippen LogP contribution in [0, 0.1) is 13.8 Å². The Morgan fingerprint density at radius 2 is 1.74 bits per heavy atom. The van der Waals surface area contributed by atoms with Gasteiger partial charge in [-0.25, -0.2) is 12.7 Å². The molecule has 0 spiro atoms. The molecule has 0 fully saturated rings. The van der Waals surface area contributed by atoms with Gasteiger partial charge in [0.15, 0.2) is 0 Å². The topological polar surface area (TPSA) is 71.4 Å². The third kappa shape index (κ3) is 4.84. The number of benzene rings is 2. The van der Waals surface area contributed by atoms with Gasteiger partial charge in [-0.15, -0.1) is 0 Å². The molecule has 0 atom stereocenters. The van der Waals surface area contributed by atoms with Crippen molar-refractivity contribution in [2.45, 2.75) is 25.2 Å². The highest BCUT2D eigenvalue weighted by Gasteiger charge is 2.21. The summed E-state index contributed by atoms with van der Waals surface area (Å²) in [7, 11) is -0.775. The van der Waals surface area contributed by atoms with Crippen molar-refractivity contribution in [1.82, 2.24) is 14.2 Å². The number of amides is 1. The van der Waals surface area contributed by atoms with E-state index >= 15 is 0 Å². The van der Waals surface area contributed by atoms with Crippen LogP contribution in [0.2, 0.25) is 5.02 Å². The zero-order chi connectivity index (χ0) is 22.8. The summed E-state index contributed by atoms with van der Waals surface area (Å²) in [4.78, 5) is 12.7. The molecule has 31 heavy (non-hydrogen) atoms. The summed E-state index contributed by atoms with van der Waals surface area (Å²) in [5.74, 6) is -0.405. The molecular weight excluding hydrogens is 434 g/mol. The Morgan fingerprint density at radius 1 is 1.06 bits per heavy atom. The van der Waals surface area contributed by atoms with Gasteiger partial charge in [-0.2, -0.15) is 0 Å². The molecule has 0 saturated heterocycles. The Labute approximate surface area is 188 Å². The molecule has 0 aliphatic rings. The molecule has 1 amide bonds. The molecule has 0 saturated carbocycles. The maximum absolute atomic E-state index is 12.7. The van der Waals surface area contributed by atoms with Crippen molar-refractivity contribution in [3.05, 3.63) is 82.1 Å². The van der Waals surface area contributed by atoms with Gasteiger partial charge in [0.05, 0.1) is 15.5 Å². The second kappa shape index (κ2) is 9.26. The van der Waals surface area contributed by atoms with E-state index in [-0.39, 0.29) is 15.5 Å². The molecule has 0 radical (unpaired) electrons. The van der Waals surface area contributed by atoms with Crippen molar-refractivity contribution >= 4 is 27.5 Å². The molecule has 2 aromatic carbocycles. The van der Waals surface area contributed by atoms with Gasteiger partial charge in [0.2, 0.25) is 10.0 Å². The van der Waals surface area contributed by atoms with Gasteiger partial charge in [0.25, 0.3) is 5.91 Å². The van der Waals surface area contributed by atoms with E-state index in [9.17, 15) is 13.2 Å². The van der Waals surface area contributed by atoms with Crippen LogP contribution in [0.4, 0.5) is 0 Å². The van der Waals surface area contributed by atoms with Crippen LogP contribution in [0.15, 0.2) is 59.5 Å². The van der Waals surface area contributed by atoms with Gasteiger partial charge in [-0.3, -0.25) is 4.79 Å². The molecule has 1 heterocycles. The van der Waals surface area contributed by atoms with Crippen LogP contribution in [0.25, 0.3) is 5.69 Å². The molecule has 1 aromatic heterocycles. The standard InChI is InChI=1S/C23H26ClN3O3S/c1-16-14-18(17(2)27(16)19-8-6-5-7-9-19)12-13-25-23(28)21-15-20(10-11-22(21)24)31(29,30)26(3)4/h5-11,14-15H,12-13H2,1-4H3,(H,25,28). The smallest absolute Gasteiger partial charge is 0.252 e. The number of rotatable bonds is 7. The van der Waals surface area contributed by atoms with Gasteiger partial charge < -0.3 is 9.88 Å². The van der Waals surface area contributed by atoms with E-state index in [0.717, 1.165) is 26.9 Å². The van der Waals surface area contributed by atoms with Gasteiger partial charge in [0, 0.05) is 37.7 Å². The molecule has 3 aromatic rings. The lowest BCUT2D eigenvalue weighted by atomic mass is 10.1. The monoisotopic (exact) mass is 459 g/mol. The Bertz CT molecular complexity index is 1200. The lowest BCUT2D eigenvalue weighted by molar-refractivity contribution is 0.0954. The minimum absolute atomic E-state index is 0.0263. The summed E-state index contributed by atoms with van der Waals surface area (Å²) in [6.45, 7) is 4.51. The van der Waals surface area contributed by atoms with Crippen molar-refractivity contribution in [3.8, 4) is 5.69 Å². The van der Waals surface area contributed by atoms with Gasteiger partial charge in [-0.1, -0.05) is 29.8 Å². The van der Waals surface area contributed by atoms with Crippen LogP contribution < -0.4 is 5.32 Å². The van der Waals surface area contributed by atoms with Crippen molar-refractivity contribution in [2.24, 2.45) is 0 Å². The highest BCUT2D eigenvalue weighted by atomic mass is 35.5. The third-order valence-corrected chi connectivity index (χ3v) is 7.33. The molecule has 0 aliphatic carbocycles. The Morgan fingerprint density at radius 3 is 2.39 bits per heavy atom. The molecule has 0 aliphatic heterocycles. The number of carbonyl (C=O) groups excluding carboxylic acids is 1. The predicted molar refractivity (Wildman–Crippen MR) is 124 cm³/mol. The van der Waals surface area contributed by atoms with Crippen molar-refractivity contribution < 1.29 is 13.2 Å². The third-order valence-electron chi connectivity index (χ3n) is 5.19. The largest absolute Gasteiger partial charge is 0.352 e. The van der Waals surface area contributed by atoms with E-state index < -0.39 is 15.9 Å². The minimum Gasteiger partial charge on any atom is -0.352 e. The quantitative estimate of drug-likeness (QED) is 0.581. The molecule has 164 valence electrons. The van der Waals surface area contributed by atoms with Crippen LogP contribution >= 0.6 is 11.6 Å². The fourth-order valence-electron chi connectivity index (χ4n) is 3.51. The summed E-state index contributed by atoms with van der Waals surface area (Å²) in [6, 6.07) is 16.4. The lowest BCUT2D eigenvalue weighted by Gasteiger charge is -2.13. The highest BCUT2D eigenvalue weighted by Crippen LogP contribution is 2.23. The zero-order valence-corrected chi connectivity index (χ0v) is 19.6. The van der Waals surface area contributed by atoms with Crippen LogP contribution in [-0.4, -0.2) is 43.8 Å². The predicted octanol–water partition coefficient (Wildman–Crippen LogP) is 3.97. The first-order chi connectivity index (χ1) is 14.6. The van der Waals surface area contributed by atoms with Crippen molar-refractivity contribution in [2.75, 3.05) is 20.6 Å². The summed E-state index contributed by atoms with van der Waals surface area (Å²) in [6.07, 6.45) is 0.644. The molecule has 1 N–H and O–H groups in total. The zero-order valence-electron chi connectivity index (χ0n) is 18.0. The first-order valence-corrected chi connectivity index (χ1v) is 11.7. The minimum atomic E-state index is -3.66. The molecular formula is C23H26ClN3O3S. The summed E-state index contributed by atoms with van der Waals surface area (Å²) in [5.41, 5.74) is 4.61. The highest BCUT2D eigenvalue weighted by molar-refractivity contribution is 7.89. The number of sulfonamides is 1. The number of para-hydroxylation sites is 1. The Balaban J connectivity index is 1.73. The van der Waals surface area contributed by atoms with Crippen LogP contribution in [0.1, 0.15) is 27.3 Å². The number of carbonyl (C=O) groups is 1. The SMILES string of the molecule is Cc1cc(CCNC(=O)c2cc(S(=O)(=O)N(C)C)ccc2Cl)c(C)n1-c1ccccc1. The lowest BCUT2D eigenvalue weighted by Crippen LogP contribution is -2.27. The van der Waals surface area contributed by atoms with E-state index in [2.05, 4.69) is 41.9 Å². The number of hydrogen-bond donors (Lipinski definition) is 1. The summed E-state index contributed by atoms with van der Waals surface area (Å²) >= 11 is 6.16. The number of aryl methyl sites for hydroxylation is 1. The molecule has 8 heteroatoms. The van der Waals surface area contributed by atoms with E-state index in [1.54, 1.807) is 0 Å². The molecule has 0 unspecified atom stereocenters. The van der Waals surface area contributed by atoms with Crippen molar-refractivity contribution in [1.29, 1.82) is 0 Å². The average Bonchev–Trinajstić information content (AvgIpc) is 3.01. The second-order valence-corrected chi connectivity index (χ2v) is 10.1. The number of aromatic nitrogens is 1. The van der Waals surface area contributed by atoms with Crippen LogP contribution in [-0.2, 0) is 16.4 Å². The van der Waals surface area contributed by atoms with E-state index in [1.165, 1.54) is 32.3 Å². The second-order valence-electron chi connectivity index (χ2n) is 7.50. The van der Waals surface area contributed by atoms with Crippen LogP contribution in [0.5, 0.6) is 0 Å². The van der Waals surface area contributed by atoms with Gasteiger partial charge in [0.1, 0.15) is 0 Å². The number of hydrogen-bond acceptors (Lipinski definition) is 3. The normalized spacial score (nSPS) is 11.7.